The molecule has 0 radical (unpaired) electrons. The predicted octanol–water partition coefficient (Wildman–Crippen LogP) is 7.51. The van der Waals surface area contributed by atoms with E-state index in [1.807, 2.05) is 18.2 Å². The summed E-state index contributed by atoms with van der Waals surface area (Å²) in [6, 6.07) is 15.5. The van der Waals surface area contributed by atoms with Gasteiger partial charge in [0, 0.05) is 23.6 Å². The lowest BCUT2D eigenvalue weighted by Crippen LogP contribution is -2.38. The molecule has 35 heavy (non-hydrogen) atoms. The maximum absolute atomic E-state index is 14.1. The Morgan fingerprint density at radius 1 is 1.03 bits per heavy atom. The number of hydrogen-bond donors (Lipinski definition) is 1. The number of carbonyl (C=O) groups excluding carboxylic acids is 1. The van der Waals surface area contributed by atoms with Crippen LogP contribution in [-0.2, 0) is 6.42 Å². The second kappa shape index (κ2) is 10.3. The molecule has 1 aliphatic rings. The Morgan fingerprint density at radius 2 is 1.86 bits per heavy atom. The Kier molecular flexibility index (Phi) is 7.25. The van der Waals surface area contributed by atoms with Gasteiger partial charge in [-0.25, -0.2) is 8.78 Å². The molecule has 0 bridgehead atoms. The number of nitrogens with zero attached hydrogens (tertiary/aromatic N) is 1. The Balaban J connectivity index is 1.75. The van der Waals surface area contributed by atoms with Crippen molar-refractivity contribution in [1.29, 1.82) is 0 Å². The summed E-state index contributed by atoms with van der Waals surface area (Å²) in [6.07, 6.45) is 8.26. The van der Waals surface area contributed by atoms with Crippen molar-refractivity contribution in [2.24, 2.45) is 5.41 Å². The van der Waals surface area contributed by atoms with Crippen LogP contribution in [0.4, 0.5) is 14.5 Å². The number of hydrogen-bond acceptors (Lipinski definition) is 3. The summed E-state index contributed by atoms with van der Waals surface area (Å²) in [5.74, 6) is -1.79. The summed E-state index contributed by atoms with van der Waals surface area (Å²) >= 11 is 0. The van der Waals surface area contributed by atoms with Gasteiger partial charge >= 0.3 is 0 Å². The topological polar surface area (TPSA) is 42.0 Å². The van der Waals surface area contributed by atoms with Crippen molar-refractivity contribution in [2.75, 3.05) is 5.32 Å². The number of aromatic nitrogens is 1. The molecule has 1 N–H and O–H groups in total. The number of halogens is 2. The molecule has 1 unspecified atom stereocenters. The third-order valence-corrected chi connectivity index (χ3v) is 6.75. The Hall–Kier alpha value is -3.60. The average Bonchev–Trinajstić information content (AvgIpc) is 2.85. The van der Waals surface area contributed by atoms with E-state index in [0.717, 1.165) is 41.8 Å². The van der Waals surface area contributed by atoms with Crippen LogP contribution in [0.3, 0.4) is 0 Å². The molecule has 0 saturated heterocycles. The molecule has 180 valence electrons. The molecule has 4 rings (SSSR count). The van der Waals surface area contributed by atoms with Crippen LogP contribution in [0, 0.1) is 30.9 Å². The van der Waals surface area contributed by atoms with Crippen LogP contribution >= 0.6 is 0 Å². The van der Waals surface area contributed by atoms with Gasteiger partial charge in [-0.1, -0.05) is 49.3 Å². The molecule has 3 aromatic rings. The molecule has 0 fully saturated rings. The molecule has 3 nitrogen and oxygen atoms in total. The van der Waals surface area contributed by atoms with Crippen molar-refractivity contribution >= 4 is 11.5 Å². The highest BCUT2D eigenvalue weighted by Crippen LogP contribution is 2.44. The minimum atomic E-state index is -0.904. The number of rotatable bonds is 8. The van der Waals surface area contributed by atoms with Crippen LogP contribution in [0.15, 0.2) is 84.2 Å². The molecule has 2 aromatic carbocycles. The molecular weight excluding hydrogens is 442 g/mol. The lowest BCUT2D eigenvalue weighted by atomic mass is 9.65. The van der Waals surface area contributed by atoms with Gasteiger partial charge in [0.15, 0.2) is 17.4 Å². The van der Waals surface area contributed by atoms with Crippen LogP contribution in [0.1, 0.15) is 53.4 Å². The van der Waals surface area contributed by atoms with Crippen molar-refractivity contribution in [3.63, 3.8) is 0 Å². The molecule has 1 aromatic heterocycles. The Morgan fingerprint density at radius 3 is 2.54 bits per heavy atom. The summed E-state index contributed by atoms with van der Waals surface area (Å²) in [7, 11) is 0. The van der Waals surface area contributed by atoms with Gasteiger partial charge in [-0.3, -0.25) is 9.78 Å². The van der Waals surface area contributed by atoms with E-state index in [0.29, 0.717) is 24.2 Å². The van der Waals surface area contributed by atoms with Crippen molar-refractivity contribution in [3.05, 3.63) is 118 Å². The van der Waals surface area contributed by atoms with E-state index >= 15 is 0 Å². The fourth-order valence-corrected chi connectivity index (χ4v) is 4.72. The highest BCUT2D eigenvalue weighted by atomic mass is 19.2. The maximum Gasteiger partial charge on any atom is 0.191 e. The van der Waals surface area contributed by atoms with E-state index in [1.54, 1.807) is 18.3 Å². The van der Waals surface area contributed by atoms with Crippen molar-refractivity contribution < 1.29 is 13.6 Å². The zero-order valence-corrected chi connectivity index (χ0v) is 20.4. The van der Waals surface area contributed by atoms with E-state index in [4.69, 9.17) is 0 Å². The summed E-state index contributed by atoms with van der Waals surface area (Å²) in [5, 5.41) is 3.19. The minimum absolute atomic E-state index is 0.000783. The zero-order valence-electron chi connectivity index (χ0n) is 20.4. The molecule has 1 atom stereocenters. The van der Waals surface area contributed by atoms with Crippen LogP contribution in [0.2, 0.25) is 0 Å². The quantitative estimate of drug-likeness (QED) is 0.345. The maximum atomic E-state index is 14.1. The van der Waals surface area contributed by atoms with Crippen molar-refractivity contribution in [2.45, 2.75) is 46.5 Å². The van der Waals surface area contributed by atoms with E-state index in [9.17, 15) is 13.6 Å². The SMILES string of the molecule is CCCC1=CC(Nc2ccc(F)c(F)c2)=CCC1(Cc1ccc(C)c(C)c1)C(=O)c1ccccn1. The van der Waals surface area contributed by atoms with Crippen molar-refractivity contribution in [3.8, 4) is 0 Å². The number of Topliss-reactive ketones (excluding diaryl/α,β-unsaturated/α-hetero) is 1. The number of aryl methyl sites for hydroxylation is 2. The Bertz CT molecular complexity index is 1300. The zero-order chi connectivity index (χ0) is 25.0. The van der Waals surface area contributed by atoms with Gasteiger partial charge in [0.05, 0.1) is 5.41 Å². The van der Waals surface area contributed by atoms with Crippen LogP contribution in [0.5, 0.6) is 0 Å². The lowest BCUT2D eigenvalue weighted by molar-refractivity contribution is 0.0828. The second-order valence-electron chi connectivity index (χ2n) is 9.26. The first-order valence-electron chi connectivity index (χ1n) is 12.0. The largest absolute Gasteiger partial charge is 0.356 e. The second-order valence-corrected chi connectivity index (χ2v) is 9.26. The minimum Gasteiger partial charge on any atom is -0.356 e. The van der Waals surface area contributed by atoms with E-state index in [2.05, 4.69) is 49.3 Å². The fourth-order valence-electron chi connectivity index (χ4n) is 4.72. The number of ketones is 1. The van der Waals surface area contributed by atoms with Crippen LogP contribution in [0.25, 0.3) is 0 Å². The van der Waals surface area contributed by atoms with Crippen LogP contribution in [-0.4, -0.2) is 10.8 Å². The molecule has 0 spiro atoms. The van der Waals surface area contributed by atoms with Crippen LogP contribution < -0.4 is 5.32 Å². The summed E-state index contributed by atoms with van der Waals surface area (Å²) in [6.45, 7) is 6.25. The highest BCUT2D eigenvalue weighted by Gasteiger charge is 2.43. The van der Waals surface area contributed by atoms with E-state index < -0.39 is 17.0 Å². The Labute approximate surface area is 205 Å². The van der Waals surface area contributed by atoms with Gasteiger partial charge in [-0.15, -0.1) is 0 Å². The molecule has 0 saturated carbocycles. The molecule has 0 amide bonds. The molecule has 0 aliphatic heterocycles. The molecule has 1 aliphatic carbocycles. The van der Waals surface area contributed by atoms with Gasteiger partial charge in [-0.05, 0) is 80.1 Å². The van der Waals surface area contributed by atoms with E-state index in [1.165, 1.54) is 17.2 Å². The normalized spacial score (nSPS) is 17.5. The van der Waals surface area contributed by atoms with Gasteiger partial charge in [0.25, 0.3) is 0 Å². The lowest BCUT2D eigenvalue weighted by Gasteiger charge is -2.37. The third kappa shape index (κ3) is 5.24. The molecule has 1 heterocycles. The van der Waals surface area contributed by atoms with Gasteiger partial charge in [-0.2, -0.15) is 0 Å². The first-order valence-corrected chi connectivity index (χ1v) is 12.0. The number of carbonyl (C=O) groups is 1. The number of pyridine rings is 1. The summed E-state index contributed by atoms with van der Waals surface area (Å²) < 4.78 is 27.1. The van der Waals surface area contributed by atoms with Crippen molar-refractivity contribution in [1.82, 2.24) is 4.98 Å². The number of benzene rings is 2. The van der Waals surface area contributed by atoms with Gasteiger partial charge in [0.1, 0.15) is 5.69 Å². The number of anilines is 1. The van der Waals surface area contributed by atoms with Gasteiger partial charge < -0.3 is 5.32 Å². The number of nitrogens with one attached hydrogen (secondary N) is 1. The van der Waals surface area contributed by atoms with E-state index in [-0.39, 0.29) is 5.78 Å². The standard InChI is InChI=1S/C30H30F2N2O/c1-4-7-23-17-25(34-24-11-12-26(31)27(32)18-24)13-14-30(23,29(35)28-8-5-6-15-33-28)19-22-10-9-20(2)21(3)16-22/h5-6,8-13,15-18,34H,4,7,14,19H2,1-3H3. The number of allylic oxidation sites excluding steroid dienone is 3. The smallest absolute Gasteiger partial charge is 0.191 e. The molecular formula is C30H30F2N2O. The van der Waals surface area contributed by atoms with Gasteiger partial charge in [0.2, 0.25) is 0 Å². The first-order chi connectivity index (χ1) is 16.8. The highest BCUT2D eigenvalue weighted by molar-refractivity contribution is 6.01. The first kappa shape index (κ1) is 24.5. The summed E-state index contributed by atoms with van der Waals surface area (Å²) in [5.41, 5.74) is 5.42. The predicted molar refractivity (Wildman–Crippen MR) is 136 cm³/mol. The summed E-state index contributed by atoms with van der Waals surface area (Å²) in [4.78, 5) is 18.4. The fraction of sp³-hybridized carbons (Fsp3) is 0.267. The molecule has 5 heteroatoms. The third-order valence-electron chi connectivity index (χ3n) is 6.75. The average molecular weight is 473 g/mol. The monoisotopic (exact) mass is 472 g/mol.